The molecule has 0 unspecified atom stereocenters. The molecule has 0 saturated carbocycles. The van der Waals surface area contributed by atoms with Crippen LogP contribution in [0.15, 0.2) is 18.5 Å². The number of hydrogen-bond donors (Lipinski definition) is 2. The molecule has 2 heterocycles. The van der Waals surface area contributed by atoms with E-state index >= 15 is 0 Å². The summed E-state index contributed by atoms with van der Waals surface area (Å²) in [5.41, 5.74) is 1.37. The van der Waals surface area contributed by atoms with E-state index in [0.29, 0.717) is 12.2 Å². The van der Waals surface area contributed by atoms with Crippen LogP contribution in [0.4, 0.5) is 0 Å². The zero-order chi connectivity index (χ0) is 11.5. The van der Waals surface area contributed by atoms with E-state index in [4.69, 9.17) is 0 Å². The van der Waals surface area contributed by atoms with Crippen LogP contribution in [0.2, 0.25) is 0 Å². The monoisotopic (exact) mass is 219 g/mol. The number of aromatic nitrogens is 4. The number of imidazole rings is 1. The molecule has 1 amide bonds. The summed E-state index contributed by atoms with van der Waals surface area (Å²) in [6.45, 7) is 2.24. The number of nitrogens with zero attached hydrogens (tertiary/aromatic N) is 3. The van der Waals surface area contributed by atoms with Crippen LogP contribution in [0.3, 0.4) is 0 Å². The third kappa shape index (κ3) is 2.10. The quantitative estimate of drug-likeness (QED) is 0.783. The van der Waals surface area contributed by atoms with Gasteiger partial charge in [0.2, 0.25) is 0 Å². The van der Waals surface area contributed by atoms with Crippen LogP contribution in [-0.4, -0.2) is 25.7 Å². The standard InChI is InChI=1S/C10H13N5O/c1-7-5-8(15(2)14-7)10(16)13-6-9-11-3-4-12-9/h3-5H,6H2,1-2H3,(H,11,12)(H,13,16). The van der Waals surface area contributed by atoms with Crippen LogP contribution in [0.25, 0.3) is 0 Å². The number of aromatic amines is 1. The third-order valence-electron chi connectivity index (χ3n) is 2.21. The van der Waals surface area contributed by atoms with Gasteiger partial charge >= 0.3 is 0 Å². The third-order valence-corrected chi connectivity index (χ3v) is 2.21. The second kappa shape index (κ2) is 4.18. The molecule has 2 N–H and O–H groups in total. The SMILES string of the molecule is Cc1cc(C(=O)NCc2ncc[nH]2)n(C)n1. The van der Waals surface area contributed by atoms with Crippen molar-refractivity contribution in [3.8, 4) is 0 Å². The van der Waals surface area contributed by atoms with Gasteiger partial charge in [0, 0.05) is 19.4 Å². The molecule has 0 atom stereocenters. The molecule has 0 spiro atoms. The number of carbonyl (C=O) groups excluding carboxylic acids is 1. The molecule has 0 aliphatic rings. The van der Waals surface area contributed by atoms with Crippen LogP contribution in [0, 0.1) is 6.92 Å². The molecule has 2 rings (SSSR count). The van der Waals surface area contributed by atoms with Gasteiger partial charge in [-0.15, -0.1) is 0 Å². The second-order valence-corrected chi connectivity index (χ2v) is 3.51. The lowest BCUT2D eigenvalue weighted by atomic mass is 10.3. The van der Waals surface area contributed by atoms with Gasteiger partial charge in [0.05, 0.1) is 12.2 Å². The van der Waals surface area contributed by atoms with Gasteiger partial charge in [-0.1, -0.05) is 0 Å². The molecular formula is C10H13N5O. The van der Waals surface area contributed by atoms with Gasteiger partial charge < -0.3 is 10.3 Å². The molecule has 84 valence electrons. The van der Waals surface area contributed by atoms with Crippen LogP contribution in [0.1, 0.15) is 22.0 Å². The Labute approximate surface area is 92.7 Å². The van der Waals surface area contributed by atoms with E-state index in [1.165, 1.54) is 0 Å². The topological polar surface area (TPSA) is 75.6 Å². The molecule has 0 aliphatic heterocycles. The van der Waals surface area contributed by atoms with E-state index in [9.17, 15) is 4.79 Å². The maximum Gasteiger partial charge on any atom is 0.269 e. The fraction of sp³-hybridized carbons (Fsp3) is 0.300. The molecule has 16 heavy (non-hydrogen) atoms. The summed E-state index contributed by atoms with van der Waals surface area (Å²) in [6, 6.07) is 1.75. The highest BCUT2D eigenvalue weighted by Gasteiger charge is 2.11. The van der Waals surface area contributed by atoms with E-state index < -0.39 is 0 Å². The summed E-state index contributed by atoms with van der Waals surface area (Å²) >= 11 is 0. The van der Waals surface area contributed by atoms with Crippen molar-refractivity contribution < 1.29 is 4.79 Å². The van der Waals surface area contributed by atoms with E-state index in [1.807, 2.05) is 6.92 Å². The molecular weight excluding hydrogens is 206 g/mol. The average molecular weight is 219 g/mol. The van der Waals surface area contributed by atoms with Gasteiger partial charge in [-0.2, -0.15) is 5.10 Å². The minimum Gasteiger partial charge on any atom is -0.347 e. The number of carbonyl (C=O) groups is 1. The Kier molecular flexibility index (Phi) is 2.72. The molecule has 2 aromatic heterocycles. The number of nitrogens with one attached hydrogen (secondary N) is 2. The van der Waals surface area contributed by atoms with Crippen LogP contribution < -0.4 is 5.32 Å². The van der Waals surface area contributed by atoms with Crippen molar-refractivity contribution in [1.82, 2.24) is 25.1 Å². The van der Waals surface area contributed by atoms with Crippen LogP contribution >= 0.6 is 0 Å². The summed E-state index contributed by atoms with van der Waals surface area (Å²) in [6.07, 6.45) is 3.37. The van der Waals surface area contributed by atoms with E-state index in [0.717, 1.165) is 11.5 Å². The number of H-pyrrole nitrogens is 1. The first-order chi connectivity index (χ1) is 7.66. The van der Waals surface area contributed by atoms with Crippen molar-refractivity contribution in [2.45, 2.75) is 13.5 Å². The van der Waals surface area contributed by atoms with E-state index in [-0.39, 0.29) is 5.91 Å². The Balaban J connectivity index is 2.01. The minimum absolute atomic E-state index is 0.153. The Morgan fingerprint density at radius 2 is 2.44 bits per heavy atom. The minimum atomic E-state index is -0.153. The van der Waals surface area contributed by atoms with Crippen molar-refractivity contribution in [3.05, 3.63) is 35.7 Å². The normalized spacial score (nSPS) is 10.4. The molecule has 2 aromatic rings. The average Bonchev–Trinajstić information content (AvgIpc) is 2.84. The van der Waals surface area contributed by atoms with Gasteiger partial charge in [-0.3, -0.25) is 9.48 Å². The Morgan fingerprint density at radius 1 is 1.62 bits per heavy atom. The zero-order valence-corrected chi connectivity index (χ0v) is 9.19. The number of rotatable bonds is 3. The molecule has 0 aliphatic carbocycles. The van der Waals surface area contributed by atoms with E-state index in [1.54, 1.807) is 30.2 Å². The highest BCUT2D eigenvalue weighted by molar-refractivity contribution is 5.92. The first-order valence-corrected chi connectivity index (χ1v) is 4.94. The number of aryl methyl sites for hydroxylation is 2. The number of hydrogen-bond acceptors (Lipinski definition) is 3. The Hall–Kier alpha value is -2.11. The van der Waals surface area contributed by atoms with Gasteiger partial charge in [0.25, 0.3) is 5.91 Å². The molecule has 0 saturated heterocycles. The molecule has 6 nitrogen and oxygen atoms in total. The summed E-state index contributed by atoms with van der Waals surface area (Å²) in [5.74, 6) is 0.576. The predicted molar refractivity (Wildman–Crippen MR) is 57.7 cm³/mol. The number of amides is 1. The van der Waals surface area contributed by atoms with Gasteiger partial charge in [-0.05, 0) is 13.0 Å². The van der Waals surface area contributed by atoms with Crippen LogP contribution in [0.5, 0.6) is 0 Å². The summed E-state index contributed by atoms with van der Waals surface area (Å²) in [7, 11) is 1.74. The Morgan fingerprint density at radius 3 is 3.00 bits per heavy atom. The Bertz CT molecular complexity index is 485. The fourth-order valence-electron chi connectivity index (χ4n) is 1.47. The fourth-order valence-corrected chi connectivity index (χ4v) is 1.47. The highest BCUT2D eigenvalue weighted by atomic mass is 16.2. The van der Waals surface area contributed by atoms with Crippen molar-refractivity contribution in [2.24, 2.45) is 7.05 Å². The lowest BCUT2D eigenvalue weighted by Crippen LogP contribution is -2.25. The van der Waals surface area contributed by atoms with Crippen molar-refractivity contribution >= 4 is 5.91 Å². The first-order valence-electron chi connectivity index (χ1n) is 4.94. The molecule has 0 radical (unpaired) electrons. The summed E-state index contributed by atoms with van der Waals surface area (Å²) in [5, 5.41) is 6.87. The van der Waals surface area contributed by atoms with E-state index in [2.05, 4.69) is 20.4 Å². The van der Waals surface area contributed by atoms with Gasteiger partial charge in [-0.25, -0.2) is 4.98 Å². The van der Waals surface area contributed by atoms with Crippen molar-refractivity contribution in [1.29, 1.82) is 0 Å². The molecule has 0 aromatic carbocycles. The second-order valence-electron chi connectivity index (χ2n) is 3.51. The maximum atomic E-state index is 11.8. The summed E-state index contributed by atoms with van der Waals surface area (Å²) in [4.78, 5) is 18.7. The highest BCUT2D eigenvalue weighted by Crippen LogP contribution is 2.01. The maximum absolute atomic E-state index is 11.8. The predicted octanol–water partition coefficient (Wildman–Crippen LogP) is 0.382. The van der Waals surface area contributed by atoms with Crippen LogP contribution in [-0.2, 0) is 13.6 Å². The smallest absolute Gasteiger partial charge is 0.269 e. The lowest BCUT2D eigenvalue weighted by Gasteiger charge is -2.02. The lowest BCUT2D eigenvalue weighted by molar-refractivity contribution is 0.0940. The largest absolute Gasteiger partial charge is 0.347 e. The summed E-state index contributed by atoms with van der Waals surface area (Å²) < 4.78 is 1.56. The zero-order valence-electron chi connectivity index (χ0n) is 9.19. The molecule has 0 bridgehead atoms. The molecule has 0 fully saturated rings. The first kappa shape index (κ1) is 10.4. The van der Waals surface area contributed by atoms with Gasteiger partial charge in [0.1, 0.15) is 11.5 Å². The van der Waals surface area contributed by atoms with Crippen molar-refractivity contribution in [2.75, 3.05) is 0 Å². The van der Waals surface area contributed by atoms with Gasteiger partial charge in [0.15, 0.2) is 0 Å². The van der Waals surface area contributed by atoms with Crippen molar-refractivity contribution in [3.63, 3.8) is 0 Å². The molecule has 6 heteroatoms.